The van der Waals surface area contributed by atoms with Gasteiger partial charge in [0.25, 0.3) is 5.91 Å². The molecule has 2 aromatic carbocycles. The first-order valence-electron chi connectivity index (χ1n) is 11.5. The molecule has 0 aliphatic heterocycles. The van der Waals surface area contributed by atoms with Crippen molar-refractivity contribution < 1.29 is 4.79 Å². The highest BCUT2D eigenvalue weighted by Gasteiger charge is 2.31. The van der Waals surface area contributed by atoms with Crippen LogP contribution >= 0.6 is 45.5 Å². The van der Waals surface area contributed by atoms with E-state index in [2.05, 4.69) is 62.6 Å². The molecule has 0 atom stereocenters. The standard InChI is InChI=1S/C27H25ClIN3OS/c1-17-9-11-21(12-10-17)32(26(33)25-24(28)22-7-2-3-8-23(22)34-25)16-18-5-4-6-19(13-18)20-14-30-27(29)31-15-20/h2-8,13-15,17,21H,9-12,16H2,1H3/t17-,21-. The molecule has 1 saturated carbocycles. The number of nitrogens with zero attached hydrogens (tertiary/aromatic N) is 3. The van der Waals surface area contributed by atoms with Crippen LogP contribution in [-0.4, -0.2) is 26.8 Å². The first kappa shape index (κ1) is 23.7. The second-order valence-electron chi connectivity index (χ2n) is 9.03. The van der Waals surface area contributed by atoms with Crippen molar-refractivity contribution in [2.45, 2.75) is 45.2 Å². The second-order valence-corrected chi connectivity index (χ2v) is 11.4. The summed E-state index contributed by atoms with van der Waals surface area (Å²) < 4.78 is 1.77. The monoisotopic (exact) mass is 601 g/mol. The molecule has 7 heteroatoms. The Bertz CT molecular complexity index is 1320. The average Bonchev–Trinajstić information content (AvgIpc) is 3.20. The highest BCUT2D eigenvalue weighted by atomic mass is 127. The molecule has 2 aromatic heterocycles. The summed E-state index contributed by atoms with van der Waals surface area (Å²) in [5, 5.41) is 1.53. The second kappa shape index (κ2) is 10.3. The molecule has 0 radical (unpaired) electrons. The summed E-state index contributed by atoms with van der Waals surface area (Å²) in [7, 11) is 0. The molecule has 4 nitrogen and oxygen atoms in total. The molecular weight excluding hydrogens is 577 g/mol. The molecule has 0 saturated heterocycles. The highest BCUT2D eigenvalue weighted by molar-refractivity contribution is 14.1. The molecule has 2 heterocycles. The molecule has 34 heavy (non-hydrogen) atoms. The van der Waals surface area contributed by atoms with Gasteiger partial charge in [0.2, 0.25) is 0 Å². The minimum Gasteiger partial charge on any atom is -0.331 e. The maximum atomic E-state index is 13.9. The number of aromatic nitrogens is 2. The van der Waals surface area contributed by atoms with E-state index in [1.165, 1.54) is 11.3 Å². The molecule has 5 rings (SSSR count). The Hall–Kier alpha value is -2.03. The van der Waals surface area contributed by atoms with Crippen LogP contribution in [0.15, 0.2) is 60.9 Å². The molecule has 0 N–H and O–H groups in total. The minimum atomic E-state index is 0.0359. The lowest BCUT2D eigenvalue weighted by Crippen LogP contribution is -2.41. The van der Waals surface area contributed by atoms with Gasteiger partial charge in [-0.05, 0) is 54.9 Å². The van der Waals surface area contributed by atoms with Crippen LogP contribution in [0, 0.1) is 9.75 Å². The molecule has 0 spiro atoms. The van der Waals surface area contributed by atoms with Gasteiger partial charge in [0.1, 0.15) is 4.88 Å². The summed E-state index contributed by atoms with van der Waals surface area (Å²) in [4.78, 5) is 25.3. The predicted molar refractivity (Wildman–Crippen MR) is 148 cm³/mol. The molecule has 4 aromatic rings. The van der Waals surface area contributed by atoms with Gasteiger partial charge < -0.3 is 4.90 Å². The zero-order valence-corrected chi connectivity index (χ0v) is 22.6. The number of hydrogen-bond donors (Lipinski definition) is 0. The Morgan fingerprint density at radius 2 is 1.79 bits per heavy atom. The first-order valence-corrected chi connectivity index (χ1v) is 13.8. The zero-order valence-electron chi connectivity index (χ0n) is 18.9. The molecule has 0 unspecified atom stereocenters. The lowest BCUT2D eigenvalue weighted by molar-refractivity contribution is 0.0598. The number of halogens is 2. The van der Waals surface area contributed by atoms with Crippen LogP contribution in [0.4, 0.5) is 0 Å². The van der Waals surface area contributed by atoms with E-state index >= 15 is 0 Å². The average molecular weight is 602 g/mol. The van der Waals surface area contributed by atoms with Gasteiger partial charge in [-0.1, -0.05) is 54.9 Å². The van der Waals surface area contributed by atoms with Gasteiger partial charge in [-0.2, -0.15) is 0 Å². The molecule has 1 aliphatic rings. The Morgan fingerprint density at radius 3 is 2.53 bits per heavy atom. The van der Waals surface area contributed by atoms with Crippen molar-refractivity contribution in [3.8, 4) is 11.1 Å². The maximum absolute atomic E-state index is 13.9. The third kappa shape index (κ3) is 4.99. The van der Waals surface area contributed by atoms with Crippen LogP contribution in [0.3, 0.4) is 0 Å². The number of carbonyl (C=O) groups excluding carboxylic acids is 1. The van der Waals surface area contributed by atoms with Gasteiger partial charge in [0.15, 0.2) is 3.83 Å². The number of thiophene rings is 1. The van der Waals surface area contributed by atoms with Crippen molar-refractivity contribution >= 4 is 61.5 Å². The van der Waals surface area contributed by atoms with Crippen molar-refractivity contribution in [2.75, 3.05) is 0 Å². The highest BCUT2D eigenvalue weighted by Crippen LogP contribution is 2.38. The number of amides is 1. The van der Waals surface area contributed by atoms with E-state index in [1.807, 2.05) is 42.7 Å². The van der Waals surface area contributed by atoms with Crippen LogP contribution < -0.4 is 0 Å². The Kier molecular flexibility index (Phi) is 7.18. The van der Waals surface area contributed by atoms with E-state index in [1.54, 1.807) is 0 Å². The topological polar surface area (TPSA) is 46.1 Å². The van der Waals surface area contributed by atoms with Crippen LogP contribution in [0.1, 0.15) is 47.8 Å². The van der Waals surface area contributed by atoms with Crippen molar-refractivity contribution in [3.63, 3.8) is 0 Å². The van der Waals surface area contributed by atoms with E-state index in [9.17, 15) is 4.79 Å². The normalized spacial score (nSPS) is 18.2. The fraction of sp³-hybridized carbons (Fsp3) is 0.296. The third-order valence-corrected chi connectivity index (χ3v) is 8.87. The summed E-state index contributed by atoms with van der Waals surface area (Å²) in [5.74, 6) is 0.749. The maximum Gasteiger partial charge on any atom is 0.266 e. The predicted octanol–water partition coefficient (Wildman–Crippen LogP) is 7.84. The Morgan fingerprint density at radius 1 is 1.06 bits per heavy atom. The zero-order chi connectivity index (χ0) is 23.7. The smallest absolute Gasteiger partial charge is 0.266 e. The third-order valence-electron chi connectivity index (χ3n) is 6.65. The SMILES string of the molecule is C[C@H]1CC[C@H](N(Cc2cccc(-c3cnc(I)nc3)c2)C(=O)c2sc3ccccc3c2Cl)CC1. The lowest BCUT2D eigenvalue weighted by Gasteiger charge is -2.36. The molecule has 1 amide bonds. The fourth-order valence-corrected chi connectivity index (χ4v) is 6.46. The summed E-state index contributed by atoms with van der Waals surface area (Å²) in [5.41, 5.74) is 3.12. The van der Waals surface area contributed by atoms with Gasteiger partial charge in [0.05, 0.1) is 5.02 Å². The number of benzene rings is 2. The van der Waals surface area contributed by atoms with Gasteiger partial charge >= 0.3 is 0 Å². The van der Waals surface area contributed by atoms with E-state index in [0.29, 0.717) is 22.4 Å². The summed E-state index contributed by atoms with van der Waals surface area (Å²) in [6, 6.07) is 16.5. The van der Waals surface area contributed by atoms with E-state index < -0.39 is 0 Å². The van der Waals surface area contributed by atoms with Gasteiger partial charge in [0, 0.05) is 63.2 Å². The first-order chi connectivity index (χ1) is 16.5. The number of carbonyl (C=O) groups is 1. The van der Waals surface area contributed by atoms with Gasteiger partial charge in [-0.25, -0.2) is 9.97 Å². The van der Waals surface area contributed by atoms with E-state index in [0.717, 1.165) is 56.3 Å². The summed E-state index contributed by atoms with van der Waals surface area (Å²) >= 11 is 10.3. The Balaban J connectivity index is 1.48. The van der Waals surface area contributed by atoms with Crippen LogP contribution in [0.5, 0.6) is 0 Å². The number of hydrogen-bond acceptors (Lipinski definition) is 4. The molecule has 1 fully saturated rings. The Labute approximate surface area is 222 Å². The van der Waals surface area contributed by atoms with Gasteiger partial charge in [-0.15, -0.1) is 11.3 Å². The van der Waals surface area contributed by atoms with Crippen molar-refractivity contribution in [3.05, 3.63) is 80.2 Å². The molecular formula is C27H25ClIN3OS. The van der Waals surface area contributed by atoms with Crippen LogP contribution in [0.2, 0.25) is 5.02 Å². The number of rotatable bonds is 5. The lowest BCUT2D eigenvalue weighted by atomic mass is 9.86. The van der Waals surface area contributed by atoms with Crippen molar-refractivity contribution in [1.82, 2.24) is 14.9 Å². The fourth-order valence-electron chi connectivity index (χ4n) is 4.71. The van der Waals surface area contributed by atoms with E-state index in [-0.39, 0.29) is 11.9 Å². The molecule has 174 valence electrons. The quantitative estimate of drug-likeness (QED) is 0.173. The minimum absolute atomic E-state index is 0.0359. The van der Waals surface area contributed by atoms with Gasteiger partial charge in [-0.3, -0.25) is 4.79 Å². The van der Waals surface area contributed by atoms with Crippen molar-refractivity contribution in [2.24, 2.45) is 5.92 Å². The number of fused-ring (bicyclic) bond motifs is 1. The van der Waals surface area contributed by atoms with Crippen molar-refractivity contribution in [1.29, 1.82) is 0 Å². The molecule has 0 bridgehead atoms. The summed E-state index contributed by atoms with van der Waals surface area (Å²) in [6.45, 7) is 2.86. The van der Waals surface area contributed by atoms with Crippen LogP contribution in [-0.2, 0) is 6.54 Å². The van der Waals surface area contributed by atoms with Crippen LogP contribution in [0.25, 0.3) is 21.2 Å². The summed E-state index contributed by atoms with van der Waals surface area (Å²) in [6.07, 6.45) is 8.04. The molecule has 1 aliphatic carbocycles. The van der Waals surface area contributed by atoms with E-state index in [4.69, 9.17) is 11.6 Å². The largest absolute Gasteiger partial charge is 0.331 e.